The van der Waals surface area contributed by atoms with Crippen molar-refractivity contribution in [1.29, 1.82) is 0 Å². The van der Waals surface area contributed by atoms with E-state index < -0.39 is 35.9 Å². The smallest absolute Gasteiger partial charge is 0.341 e. The van der Waals surface area contributed by atoms with E-state index in [1.165, 1.54) is 19.2 Å². The summed E-state index contributed by atoms with van der Waals surface area (Å²) < 4.78 is 9.97. The van der Waals surface area contributed by atoms with E-state index in [9.17, 15) is 24.6 Å². The second-order valence-electron chi connectivity index (χ2n) is 5.22. The molecule has 138 valence electrons. The number of alkyl halides is 1. The predicted molar refractivity (Wildman–Crippen MR) is 88.6 cm³/mol. The Hall–Kier alpha value is -2.16. The first-order chi connectivity index (χ1) is 11.9. The minimum Gasteiger partial charge on any atom is -0.479 e. The largest absolute Gasteiger partial charge is 0.479 e. The van der Waals surface area contributed by atoms with Gasteiger partial charge in [-0.25, -0.2) is 9.59 Å². The molecule has 8 nitrogen and oxygen atoms in total. The minimum absolute atomic E-state index is 0.000525. The van der Waals surface area contributed by atoms with Crippen LogP contribution in [0.3, 0.4) is 0 Å². The molecule has 1 aromatic rings. The number of amides is 1. The van der Waals surface area contributed by atoms with Crippen LogP contribution in [0.2, 0.25) is 0 Å². The Balaban J connectivity index is 2.96. The van der Waals surface area contributed by atoms with Crippen molar-refractivity contribution in [2.24, 2.45) is 0 Å². The van der Waals surface area contributed by atoms with Crippen LogP contribution in [-0.2, 0) is 19.1 Å². The number of benzene rings is 1. The van der Waals surface area contributed by atoms with E-state index in [1.807, 2.05) is 0 Å². The maximum Gasteiger partial charge on any atom is 0.341 e. The van der Waals surface area contributed by atoms with Gasteiger partial charge in [-0.1, -0.05) is 18.2 Å². The molecule has 0 aliphatic rings. The molecule has 0 radical (unpaired) electrons. The van der Waals surface area contributed by atoms with Crippen LogP contribution in [-0.4, -0.2) is 59.5 Å². The molecule has 0 bridgehead atoms. The third-order valence-electron chi connectivity index (χ3n) is 3.53. The molecule has 1 amide bonds. The molecule has 0 saturated heterocycles. The number of nitrogens with one attached hydrogen (secondary N) is 1. The van der Waals surface area contributed by atoms with Crippen molar-refractivity contribution in [3.05, 3.63) is 35.9 Å². The second kappa shape index (κ2) is 9.97. The normalized spacial score (nSPS) is 12.4. The number of hydrogen-bond acceptors (Lipinski definition) is 5. The van der Waals surface area contributed by atoms with E-state index in [0.29, 0.717) is 0 Å². The molecule has 1 aromatic carbocycles. The van der Waals surface area contributed by atoms with E-state index in [4.69, 9.17) is 21.1 Å². The number of carboxylic acid groups (broad SMARTS) is 2. The average Bonchev–Trinajstić information content (AvgIpc) is 2.60. The minimum atomic E-state index is -2.49. The number of carbonyl (C=O) groups excluding carboxylic acids is 1. The van der Waals surface area contributed by atoms with Crippen LogP contribution >= 0.6 is 11.6 Å². The van der Waals surface area contributed by atoms with Crippen molar-refractivity contribution < 1.29 is 34.1 Å². The lowest BCUT2D eigenvalue weighted by molar-refractivity contribution is -0.159. The zero-order valence-corrected chi connectivity index (χ0v) is 14.4. The Labute approximate surface area is 149 Å². The molecule has 0 aliphatic carbocycles. The van der Waals surface area contributed by atoms with Gasteiger partial charge in [0.05, 0.1) is 6.10 Å². The Bertz CT molecular complexity index is 579. The molecule has 1 atom stereocenters. The highest BCUT2D eigenvalue weighted by Gasteiger charge is 2.48. The third-order valence-corrected chi connectivity index (χ3v) is 3.87. The van der Waals surface area contributed by atoms with Crippen molar-refractivity contribution in [1.82, 2.24) is 5.32 Å². The van der Waals surface area contributed by atoms with Gasteiger partial charge in [-0.15, -0.1) is 11.6 Å². The van der Waals surface area contributed by atoms with E-state index in [0.717, 1.165) is 0 Å². The lowest BCUT2D eigenvalue weighted by atomic mass is 9.91. The predicted octanol–water partition coefficient (Wildman–Crippen LogP) is 1.33. The van der Waals surface area contributed by atoms with Crippen LogP contribution in [0.4, 0.5) is 0 Å². The van der Waals surface area contributed by atoms with Gasteiger partial charge in [0.2, 0.25) is 5.54 Å². The molecule has 0 saturated carbocycles. The summed E-state index contributed by atoms with van der Waals surface area (Å²) in [6.07, 6.45) is -1.02. The summed E-state index contributed by atoms with van der Waals surface area (Å²) in [7, 11) is 1.41. The fourth-order valence-corrected chi connectivity index (χ4v) is 2.32. The lowest BCUT2D eigenvalue weighted by Gasteiger charge is -2.27. The maximum atomic E-state index is 12.2. The van der Waals surface area contributed by atoms with Gasteiger partial charge >= 0.3 is 11.9 Å². The first-order valence-electron chi connectivity index (χ1n) is 7.38. The van der Waals surface area contributed by atoms with Crippen LogP contribution < -0.4 is 5.32 Å². The van der Waals surface area contributed by atoms with Gasteiger partial charge < -0.3 is 25.0 Å². The number of carbonyl (C=O) groups is 3. The van der Waals surface area contributed by atoms with Crippen LogP contribution in [0, 0.1) is 0 Å². The van der Waals surface area contributed by atoms with Crippen LogP contribution in [0.5, 0.6) is 0 Å². The van der Waals surface area contributed by atoms with E-state index in [-0.39, 0.29) is 24.7 Å². The zero-order valence-electron chi connectivity index (χ0n) is 13.6. The van der Waals surface area contributed by atoms with Gasteiger partial charge in [0.25, 0.3) is 5.91 Å². The van der Waals surface area contributed by atoms with Gasteiger partial charge in [-0.3, -0.25) is 4.79 Å². The average molecular weight is 374 g/mol. The van der Waals surface area contributed by atoms with Crippen molar-refractivity contribution >= 4 is 29.4 Å². The first-order valence-corrected chi connectivity index (χ1v) is 7.91. The Morgan fingerprint density at radius 3 is 2.28 bits per heavy atom. The van der Waals surface area contributed by atoms with Crippen molar-refractivity contribution in [3.63, 3.8) is 0 Å². The topological polar surface area (TPSA) is 122 Å². The van der Waals surface area contributed by atoms with Gasteiger partial charge in [-0.2, -0.15) is 0 Å². The lowest BCUT2D eigenvalue weighted by Crippen LogP contribution is -2.60. The molecule has 0 aliphatic heterocycles. The fourth-order valence-electron chi connectivity index (χ4n) is 2.08. The number of rotatable bonds is 11. The summed E-state index contributed by atoms with van der Waals surface area (Å²) in [5, 5.41) is 21.0. The molecular formula is C16H20ClNO7. The summed E-state index contributed by atoms with van der Waals surface area (Å²) >= 11 is 5.73. The molecule has 0 aromatic heterocycles. The monoisotopic (exact) mass is 373 g/mol. The summed E-state index contributed by atoms with van der Waals surface area (Å²) in [6.45, 7) is -0.0685. The molecule has 0 heterocycles. The third kappa shape index (κ3) is 5.70. The van der Waals surface area contributed by atoms with Crippen molar-refractivity contribution in [3.8, 4) is 0 Å². The van der Waals surface area contributed by atoms with Crippen LogP contribution in [0.1, 0.15) is 23.2 Å². The molecular weight excluding hydrogens is 354 g/mol. The first kappa shape index (κ1) is 20.9. The molecule has 9 heteroatoms. The number of carboxylic acids is 2. The highest BCUT2D eigenvalue weighted by molar-refractivity contribution is 6.18. The number of methoxy groups -OCH3 is 1. The standard InChI is InChI=1S/C16H20ClNO7/c1-24-10-25-12(9-17)7-8-16(14(20)21,15(22)23)18-13(19)11-5-3-2-4-6-11/h2-6,12H,7-10H2,1H3,(H,18,19)(H,20,21)(H,22,23). The van der Waals surface area contributed by atoms with Gasteiger partial charge in [0.15, 0.2) is 0 Å². The van der Waals surface area contributed by atoms with Crippen molar-refractivity contribution in [2.75, 3.05) is 19.8 Å². The summed E-state index contributed by atoms with van der Waals surface area (Å²) in [5.74, 6) is -4.13. The highest BCUT2D eigenvalue weighted by atomic mass is 35.5. The van der Waals surface area contributed by atoms with Gasteiger partial charge in [-0.05, 0) is 25.0 Å². The Kier molecular flexibility index (Phi) is 8.33. The van der Waals surface area contributed by atoms with E-state index in [1.54, 1.807) is 18.2 Å². The summed E-state index contributed by atoms with van der Waals surface area (Å²) in [6, 6.07) is 7.75. The molecule has 0 fully saturated rings. The quantitative estimate of drug-likeness (QED) is 0.304. The number of halogens is 1. The maximum absolute atomic E-state index is 12.2. The van der Waals surface area contributed by atoms with E-state index in [2.05, 4.69) is 5.32 Å². The number of ether oxygens (including phenoxy) is 2. The van der Waals surface area contributed by atoms with Crippen molar-refractivity contribution in [2.45, 2.75) is 24.5 Å². The molecule has 25 heavy (non-hydrogen) atoms. The molecule has 1 unspecified atom stereocenters. The molecule has 3 N–H and O–H groups in total. The van der Waals surface area contributed by atoms with Gasteiger partial charge in [0, 0.05) is 18.6 Å². The summed E-state index contributed by atoms with van der Waals surface area (Å²) in [4.78, 5) is 35.5. The zero-order chi connectivity index (χ0) is 18.9. The second-order valence-corrected chi connectivity index (χ2v) is 5.53. The van der Waals surface area contributed by atoms with Crippen LogP contribution in [0.25, 0.3) is 0 Å². The fraction of sp³-hybridized carbons (Fsp3) is 0.438. The molecule has 0 spiro atoms. The highest BCUT2D eigenvalue weighted by Crippen LogP contribution is 2.19. The van der Waals surface area contributed by atoms with E-state index >= 15 is 0 Å². The Morgan fingerprint density at radius 1 is 1.20 bits per heavy atom. The number of aliphatic carboxylic acids is 2. The SMILES string of the molecule is COCOC(CCl)CCC(NC(=O)c1ccccc1)(C(=O)O)C(=O)O. The van der Waals surface area contributed by atoms with Crippen LogP contribution in [0.15, 0.2) is 30.3 Å². The Morgan fingerprint density at radius 2 is 1.80 bits per heavy atom. The van der Waals surface area contributed by atoms with Gasteiger partial charge in [0.1, 0.15) is 6.79 Å². The number of hydrogen-bond donors (Lipinski definition) is 3. The summed E-state index contributed by atoms with van der Waals surface area (Å²) in [5.41, 5.74) is -2.34. The molecule has 1 rings (SSSR count).